The zero-order valence-corrected chi connectivity index (χ0v) is 32.4. The first-order valence-corrected chi connectivity index (χ1v) is 17.8. The first-order valence-electron chi connectivity index (χ1n) is 17.0. The van der Waals surface area contributed by atoms with Crippen LogP contribution in [0.2, 0.25) is 10.0 Å². The number of hydrogen-bond acceptors (Lipinski definition) is 7. The average molecular weight is 778 g/mol. The van der Waals surface area contributed by atoms with Crippen LogP contribution in [0.3, 0.4) is 0 Å². The van der Waals surface area contributed by atoms with Gasteiger partial charge in [-0.2, -0.15) is 0 Å². The van der Waals surface area contributed by atoms with E-state index in [9.17, 15) is 9.59 Å². The van der Waals surface area contributed by atoms with Crippen molar-refractivity contribution in [3.63, 3.8) is 0 Å². The number of aromatic amines is 1. The molecule has 7 aromatic rings. The van der Waals surface area contributed by atoms with E-state index in [0.29, 0.717) is 26.7 Å². The van der Waals surface area contributed by atoms with Gasteiger partial charge in [-0.1, -0.05) is 120 Å². The first-order chi connectivity index (χ1) is 26.6. The predicted octanol–water partition coefficient (Wildman–Crippen LogP) is 11.2. The van der Waals surface area contributed by atoms with Crippen LogP contribution in [-0.2, 0) is 20.0 Å². The Balaban J connectivity index is 0.000000166. The molecule has 0 aliphatic carbocycles. The molecule has 1 heterocycles. The summed E-state index contributed by atoms with van der Waals surface area (Å²) in [5.41, 5.74) is 9.74. The van der Waals surface area contributed by atoms with Crippen molar-refractivity contribution < 1.29 is 23.7 Å². The molecular formula is C45H42Cl2N2O6. The predicted molar refractivity (Wildman–Crippen MR) is 223 cm³/mol. The molecule has 55 heavy (non-hydrogen) atoms. The third-order valence-corrected chi connectivity index (χ3v) is 8.57. The van der Waals surface area contributed by atoms with Crippen LogP contribution in [0.15, 0.2) is 169 Å². The number of para-hydroxylation sites is 2. The molecular weight excluding hydrogens is 735 g/mol. The van der Waals surface area contributed by atoms with E-state index < -0.39 is 11.8 Å². The Kier molecular flexibility index (Phi) is 16.1. The smallest absolute Gasteiger partial charge is 0.339 e. The minimum absolute atomic E-state index is 0.000676. The quantitative estimate of drug-likeness (QED) is 0.0941. The Hall–Kier alpha value is -5.90. The lowest BCUT2D eigenvalue weighted by atomic mass is 10.1. The van der Waals surface area contributed by atoms with Crippen molar-refractivity contribution >= 4 is 45.8 Å². The summed E-state index contributed by atoms with van der Waals surface area (Å²) < 4.78 is 20.6. The normalized spacial score (nSPS) is 10.4. The van der Waals surface area contributed by atoms with Crippen LogP contribution in [0, 0.1) is 0 Å². The monoisotopic (exact) mass is 776 g/mol. The maximum absolute atomic E-state index is 12.0. The van der Waals surface area contributed by atoms with Crippen LogP contribution in [0.25, 0.3) is 22.2 Å². The van der Waals surface area contributed by atoms with E-state index in [2.05, 4.69) is 9.72 Å². The molecule has 0 bridgehead atoms. The number of H-pyrrole nitrogens is 1. The van der Waals surface area contributed by atoms with Gasteiger partial charge in [0.1, 0.15) is 11.5 Å². The van der Waals surface area contributed by atoms with Crippen LogP contribution >= 0.6 is 23.2 Å². The number of carbonyl (C=O) groups excluding carboxylic acids is 1. The van der Waals surface area contributed by atoms with Gasteiger partial charge in [-0.3, -0.25) is 4.79 Å². The number of esters is 1. The van der Waals surface area contributed by atoms with Crippen molar-refractivity contribution in [2.24, 2.45) is 0 Å². The molecule has 1 aromatic heterocycles. The van der Waals surface area contributed by atoms with E-state index >= 15 is 0 Å². The van der Waals surface area contributed by atoms with Gasteiger partial charge in [-0.15, -0.1) is 0 Å². The maximum atomic E-state index is 12.0. The molecule has 0 aliphatic heterocycles. The number of fused-ring (bicyclic) bond motifs is 1. The van der Waals surface area contributed by atoms with Crippen LogP contribution < -0.4 is 15.9 Å². The van der Waals surface area contributed by atoms with E-state index in [-0.39, 0.29) is 5.43 Å². The van der Waals surface area contributed by atoms with E-state index in [1.807, 2.05) is 128 Å². The minimum atomic E-state index is -0.624. The molecule has 0 radical (unpaired) electrons. The molecule has 0 atom stereocenters. The zero-order chi connectivity index (χ0) is 39.6. The van der Waals surface area contributed by atoms with Crippen molar-refractivity contribution in [1.82, 2.24) is 4.98 Å². The van der Waals surface area contributed by atoms with Gasteiger partial charge in [0.2, 0.25) is 0 Å². The SMILES string of the molecule is COC(=O)c1ccc(Cl)cc1N.COC(C)(OC)c1ccccc1.O=c1cc(-c2ccccc2)[nH]c2cc(Cl)ccc12.c1ccc(Oc2ccccc2)cc1. The molecule has 0 unspecified atom stereocenters. The lowest BCUT2D eigenvalue weighted by Crippen LogP contribution is -2.26. The Labute approximate surface area is 331 Å². The zero-order valence-electron chi connectivity index (χ0n) is 30.9. The van der Waals surface area contributed by atoms with Crippen LogP contribution in [-0.4, -0.2) is 32.3 Å². The highest BCUT2D eigenvalue weighted by atomic mass is 35.5. The fraction of sp³-hybridized carbons (Fsp3) is 0.111. The van der Waals surface area contributed by atoms with E-state index in [0.717, 1.165) is 33.8 Å². The molecule has 0 saturated carbocycles. The van der Waals surface area contributed by atoms with Crippen LogP contribution in [0.1, 0.15) is 22.8 Å². The lowest BCUT2D eigenvalue weighted by Gasteiger charge is -2.26. The van der Waals surface area contributed by atoms with Crippen molar-refractivity contribution in [3.05, 3.63) is 195 Å². The Morgan fingerprint density at radius 2 is 1.13 bits per heavy atom. The summed E-state index contributed by atoms with van der Waals surface area (Å²) >= 11 is 11.6. The Bertz CT molecular complexity index is 2250. The summed E-state index contributed by atoms with van der Waals surface area (Å²) in [5, 5.41) is 1.77. The molecule has 0 amide bonds. The van der Waals surface area contributed by atoms with E-state index in [4.69, 9.17) is 43.1 Å². The number of benzene rings is 6. The van der Waals surface area contributed by atoms with Gasteiger partial charge in [0.05, 0.1) is 18.2 Å². The third-order valence-electron chi connectivity index (χ3n) is 8.09. The number of ether oxygens (including phenoxy) is 4. The minimum Gasteiger partial charge on any atom is -0.465 e. The van der Waals surface area contributed by atoms with Crippen LogP contribution in [0.4, 0.5) is 5.69 Å². The molecule has 6 aromatic carbocycles. The molecule has 0 saturated heterocycles. The fourth-order valence-electron chi connectivity index (χ4n) is 5.00. The topological polar surface area (TPSA) is 113 Å². The van der Waals surface area contributed by atoms with Crippen molar-refractivity contribution in [2.75, 3.05) is 27.1 Å². The van der Waals surface area contributed by atoms with Gasteiger partial charge in [-0.05, 0) is 73.2 Å². The molecule has 0 aliphatic rings. The van der Waals surface area contributed by atoms with Gasteiger partial charge < -0.3 is 29.7 Å². The number of nitrogens with two attached hydrogens (primary N) is 1. The molecule has 0 spiro atoms. The van der Waals surface area contributed by atoms with Crippen molar-refractivity contribution in [1.29, 1.82) is 0 Å². The number of pyridine rings is 1. The van der Waals surface area contributed by atoms with Crippen LogP contribution in [0.5, 0.6) is 11.5 Å². The second kappa shape index (κ2) is 21.1. The van der Waals surface area contributed by atoms with Gasteiger partial charge >= 0.3 is 5.97 Å². The number of carbonyl (C=O) groups is 1. The highest BCUT2D eigenvalue weighted by molar-refractivity contribution is 6.31. The number of nitrogen functional groups attached to an aromatic ring is 1. The van der Waals surface area contributed by atoms with Crippen molar-refractivity contribution in [2.45, 2.75) is 12.7 Å². The molecule has 8 nitrogen and oxygen atoms in total. The van der Waals surface area contributed by atoms with Gasteiger partial charge in [-0.25, -0.2) is 4.79 Å². The second-order valence-electron chi connectivity index (χ2n) is 11.8. The number of hydrogen-bond donors (Lipinski definition) is 2. The fourth-order valence-corrected chi connectivity index (χ4v) is 5.35. The summed E-state index contributed by atoms with van der Waals surface area (Å²) in [4.78, 5) is 26.3. The largest absolute Gasteiger partial charge is 0.465 e. The molecule has 0 fully saturated rings. The summed E-state index contributed by atoms with van der Waals surface area (Å²) in [5.74, 6) is 0.660. The Morgan fingerprint density at radius 1 is 0.636 bits per heavy atom. The Morgan fingerprint density at radius 3 is 1.64 bits per heavy atom. The molecule has 10 heteroatoms. The standard InChI is InChI=1S/C15H10ClNO.C12H10O.C10H14O2.C8H8ClNO2/c16-11-6-7-12-14(8-11)17-13(9-15(12)18)10-4-2-1-3-5-10;1-3-7-11(8-4-1)13-12-9-5-2-6-10-12;1-10(11-2,12-3)9-7-5-4-6-8-9;1-12-8(11)6-3-2-5(9)4-7(6)10/h1-9H,(H,17,18);1-10H;4-8H,1-3H3;2-4H,10H2,1H3. The molecule has 282 valence electrons. The number of anilines is 1. The average Bonchev–Trinajstić information content (AvgIpc) is 3.22. The lowest BCUT2D eigenvalue weighted by molar-refractivity contribution is -0.201. The summed E-state index contributed by atoms with van der Waals surface area (Å²) in [6, 6.07) is 50.6. The number of halogens is 2. The van der Waals surface area contributed by atoms with Gasteiger partial charge in [0.25, 0.3) is 0 Å². The second-order valence-corrected chi connectivity index (χ2v) is 12.6. The highest BCUT2D eigenvalue weighted by Crippen LogP contribution is 2.25. The molecule has 7 rings (SSSR count). The first kappa shape index (κ1) is 41.9. The van der Waals surface area contributed by atoms with E-state index in [1.54, 1.807) is 44.6 Å². The summed E-state index contributed by atoms with van der Waals surface area (Å²) in [6.07, 6.45) is 0. The third kappa shape index (κ3) is 12.6. The number of aromatic nitrogens is 1. The maximum Gasteiger partial charge on any atom is 0.339 e. The summed E-state index contributed by atoms with van der Waals surface area (Å²) in [7, 11) is 4.57. The highest BCUT2D eigenvalue weighted by Gasteiger charge is 2.24. The molecule has 3 N–H and O–H groups in total. The van der Waals surface area contributed by atoms with E-state index in [1.165, 1.54) is 19.2 Å². The van der Waals surface area contributed by atoms with Gasteiger partial charge in [0.15, 0.2) is 11.2 Å². The number of methoxy groups -OCH3 is 3. The summed E-state index contributed by atoms with van der Waals surface area (Å²) in [6.45, 7) is 1.89. The number of rotatable bonds is 7. The van der Waals surface area contributed by atoms with Crippen molar-refractivity contribution in [3.8, 4) is 22.8 Å². The van der Waals surface area contributed by atoms with Gasteiger partial charge in [0, 0.05) is 52.7 Å². The number of nitrogens with one attached hydrogen (secondary N) is 1.